The van der Waals surface area contributed by atoms with E-state index in [1.165, 1.54) is 25.7 Å². The minimum Gasteiger partial charge on any atom is -0.345 e. The number of rotatable bonds is 4. The quantitative estimate of drug-likeness (QED) is 0.741. The number of likely N-dealkylation sites (N-methyl/N-ethyl adjacent to an activating group) is 1. The lowest BCUT2D eigenvalue weighted by molar-refractivity contribution is -0.131. The second kappa shape index (κ2) is 5.35. The molecule has 1 saturated carbocycles. The van der Waals surface area contributed by atoms with Gasteiger partial charge in [0, 0.05) is 13.6 Å². The zero-order valence-corrected chi connectivity index (χ0v) is 9.33. The smallest absolute Gasteiger partial charge is 0.239 e. The van der Waals surface area contributed by atoms with E-state index in [1.54, 1.807) is 4.90 Å². The van der Waals surface area contributed by atoms with Gasteiger partial charge in [-0.1, -0.05) is 25.7 Å². The molecule has 82 valence electrons. The third kappa shape index (κ3) is 2.98. The van der Waals surface area contributed by atoms with Crippen molar-refractivity contribution >= 4 is 5.91 Å². The van der Waals surface area contributed by atoms with Crippen LogP contribution in [0.1, 0.15) is 39.0 Å². The van der Waals surface area contributed by atoms with Crippen molar-refractivity contribution < 1.29 is 4.79 Å². The van der Waals surface area contributed by atoms with Crippen LogP contribution in [0.25, 0.3) is 0 Å². The Morgan fingerprint density at radius 1 is 1.50 bits per heavy atom. The first kappa shape index (κ1) is 11.5. The maximum absolute atomic E-state index is 11.7. The molecule has 3 heteroatoms. The zero-order valence-electron chi connectivity index (χ0n) is 9.33. The minimum atomic E-state index is -0.275. The molecule has 0 heterocycles. The van der Waals surface area contributed by atoms with Gasteiger partial charge in [0.25, 0.3) is 0 Å². The number of hydrogen-bond acceptors (Lipinski definition) is 2. The number of carbonyl (C=O) groups is 1. The minimum absolute atomic E-state index is 0.0967. The normalized spacial score (nSPS) is 19.6. The van der Waals surface area contributed by atoms with E-state index in [0.717, 1.165) is 13.0 Å². The molecule has 0 aromatic heterocycles. The van der Waals surface area contributed by atoms with Crippen LogP contribution in [0.2, 0.25) is 0 Å². The van der Waals surface area contributed by atoms with Gasteiger partial charge in [0.1, 0.15) is 0 Å². The first-order valence-corrected chi connectivity index (χ1v) is 5.65. The third-order valence-electron chi connectivity index (χ3n) is 3.23. The van der Waals surface area contributed by atoms with E-state index in [0.29, 0.717) is 5.92 Å². The van der Waals surface area contributed by atoms with Crippen LogP contribution in [0.5, 0.6) is 0 Å². The number of carbonyl (C=O) groups excluding carboxylic acids is 1. The van der Waals surface area contributed by atoms with E-state index in [9.17, 15) is 4.79 Å². The first-order valence-electron chi connectivity index (χ1n) is 5.65. The van der Waals surface area contributed by atoms with E-state index in [1.807, 2.05) is 14.0 Å². The largest absolute Gasteiger partial charge is 0.345 e. The molecule has 1 unspecified atom stereocenters. The fraction of sp³-hybridized carbons (Fsp3) is 0.909. The van der Waals surface area contributed by atoms with Gasteiger partial charge in [0.15, 0.2) is 0 Å². The van der Waals surface area contributed by atoms with Crippen LogP contribution >= 0.6 is 0 Å². The molecule has 1 fully saturated rings. The molecular formula is C11H22N2O. The van der Waals surface area contributed by atoms with Crippen molar-refractivity contribution in [1.82, 2.24) is 4.90 Å². The van der Waals surface area contributed by atoms with Gasteiger partial charge in [-0.05, 0) is 19.3 Å². The SMILES string of the molecule is CCN(C)C(=O)C(N)CC1CCCC1. The van der Waals surface area contributed by atoms with Crippen LogP contribution in [0.15, 0.2) is 0 Å². The Bertz CT molecular complexity index is 188. The molecule has 0 spiro atoms. The molecule has 2 N–H and O–H groups in total. The second-order valence-corrected chi connectivity index (χ2v) is 4.35. The van der Waals surface area contributed by atoms with Gasteiger partial charge < -0.3 is 10.6 Å². The fourth-order valence-electron chi connectivity index (χ4n) is 2.14. The molecule has 1 aliphatic rings. The lowest BCUT2D eigenvalue weighted by Gasteiger charge is -2.21. The summed E-state index contributed by atoms with van der Waals surface area (Å²) >= 11 is 0. The van der Waals surface area contributed by atoms with E-state index in [-0.39, 0.29) is 11.9 Å². The van der Waals surface area contributed by atoms with Crippen molar-refractivity contribution in [2.45, 2.75) is 45.1 Å². The summed E-state index contributed by atoms with van der Waals surface area (Å²) in [6, 6.07) is -0.275. The summed E-state index contributed by atoms with van der Waals surface area (Å²) in [7, 11) is 1.82. The van der Waals surface area contributed by atoms with Crippen molar-refractivity contribution in [3.05, 3.63) is 0 Å². The highest BCUT2D eigenvalue weighted by Crippen LogP contribution is 2.28. The van der Waals surface area contributed by atoms with Crippen LogP contribution in [0.4, 0.5) is 0 Å². The molecule has 0 aromatic carbocycles. The Balaban J connectivity index is 2.32. The topological polar surface area (TPSA) is 46.3 Å². The summed E-state index contributed by atoms with van der Waals surface area (Å²) in [4.78, 5) is 13.4. The van der Waals surface area contributed by atoms with Crippen molar-refractivity contribution in [1.29, 1.82) is 0 Å². The Kier molecular flexibility index (Phi) is 4.39. The molecule has 0 bridgehead atoms. The van der Waals surface area contributed by atoms with E-state index < -0.39 is 0 Å². The molecule has 14 heavy (non-hydrogen) atoms. The second-order valence-electron chi connectivity index (χ2n) is 4.35. The summed E-state index contributed by atoms with van der Waals surface area (Å²) in [5, 5.41) is 0. The van der Waals surface area contributed by atoms with Gasteiger partial charge >= 0.3 is 0 Å². The standard InChI is InChI=1S/C11H22N2O/c1-3-13(2)11(14)10(12)8-9-6-4-5-7-9/h9-10H,3-8,12H2,1-2H3. The molecule has 0 aromatic rings. The predicted molar refractivity (Wildman–Crippen MR) is 57.9 cm³/mol. The molecule has 0 radical (unpaired) electrons. The van der Waals surface area contributed by atoms with Crippen LogP contribution in [0.3, 0.4) is 0 Å². The predicted octanol–water partition coefficient (Wildman–Crippen LogP) is 1.37. The molecule has 3 nitrogen and oxygen atoms in total. The third-order valence-corrected chi connectivity index (χ3v) is 3.23. The molecular weight excluding hydrogens is 176 g/mol. The first-order chi connectivity index (χ1) is 6.65. The molecule has 1 amide bonds. The number of nitrogens with two attached hydrogens (primary N) is 1. The van der Waals surface area contributed by atoms with Crippen LogP contribution in [-0.4, -0.2) is 30.4 Å². The Morgan fingerprint density at radius 2 is 2.07 bits per heavy atom. The molecule has 0 saturated heterocycles. The van der Waals surface area contributed by atoms with Gasteiger partial charge in [0.05, 0.1) is 6.04 Å². The highest BCUT2D eigenvalue weighted by Gasteiger charge is 2.23. The number of amides is 1. The van der Waals surface area contributed by atoms with Gasteiger partial charge in [-0.25, -0.2) is 0 Å². The Labute approximate surface area is 86.6 Å². The summed E-state index contributed by atoms with van der Waals surface area (Å²) in [5.74, 6) is 0.790. The summed E-state index contributed by atoms with van der Waals surface area (Å²) in [6.07, 6.45) is 6.03. The monoisotopic (exact) mass is 198 g/mol. The van der Waals surface area contributed by atoms with Crippen LogP contribution < -0.4 is 5.73 Å². The van der Waals surface area contributed by atoms with Gasteiger partial charge in [0.2, 0.25) is 5.91 Å². The van der Waals surface area contributed by atoms with E-state index in [2.05, 4.69) is 0 Å². The van der Waals surface area contributed by atoms with E-state index >= 15 is 0 Å². The number of hydrogen-bond donors (Lipinski definition) is 1. The highest BCUT2D eigenvalue weighted by atomic mass is 16.2. The number of nitrogens with zero attached hydrogens (tertiary/aromatic N) is 1. The van der Waals surface area contributed by atoms with Crippen molar-refractivity contribution in [2.75, 3.05) is 13.6 Å². The maximum atomic E-state index is 11.7. The Morgan fingerprint density at radius 3 is 2.57 bits per heavy atom. The fourth-order valence-corrected chi connectivity index (χ4v) is 2.14. The molecule has 1 rings (SSSR count). The lowest BCUT2D eigenvalue weighted by Crippen LogP contribution is -2.42. The summed E-state index contributed by atoms with van der Waals surface area (Å²) in [5.41, 5.74) is 5.88. The van der Waals surface area contributed by atoms with Crippen molar-refractivity contribution in [2.24, 2.45) is 11.7 Å². The maximum Gasteiger partial charge on any atom is 0.239 e. The van der Waals surface area contributed by atoms with Crippen LogP contribution in [0, 0.1) is 5.92 Å². The molecule has 1 aliphatic carbocycles. The molecule has 1 atom stereocenters. The van der Waals surface area contributed by atoms with Crippen molar-refractivity contribution in [3.8, 4) is 0 Å². The average molecular weight is 198 g/mol. The van der Waals surface area contributed by atoms with Crippen molar-refractivity contribution in [3.63, 3.8) is 0 Å². The Hall–Kier alpha value is -0.570. The average Bonchev–Trinajstić information content (AvgIpc) is 2.68. The highest BCUT2D eigenvalue weighted by molar-refractivity contribution is 5.81. The summed E-state index contributed by atoms with van der Waals surface area (Å²) in [6.45, 7) is 2.72. The van der Waals surface area contributed by atoms with Gasteiger partial charge in [-0.2, -0.15) is 0 Å². The van der Waals surface area contributed by atoms with Gasteiger partial charge in [-0.3, -0.25) is 4.79 Å². The lowest BCUT2D eigenvalue weighted by atomic mass is 9.98. The van der Waals surface area contributed by atoms with Crippen LogP contribution in [-0.2, 0) is 4.79 Å². The summed E-state index contributed by atoms with van der Waals surface area (Å²) < 4.78 is 0. The molecule has 0 aliphatic heterocycles. The van der Waals surface area contributed by atoms with E-state index in [4.69, 9.17) is 5.73 Å². The van der Waals surface area contributed by atoms with Gasteiger partial charge in [-0.15, -0.1) is 0 Å². The zero-order chi connectivity index (χ0) is 10.6.